The van der Waals surface area contributed by atoms with Crippen LogP contribution in [-0.4, -0.2) is 32.8 Å². The van der Waals surface area contributed by atoms with Crippen LogP contribution in [0.4, 0.5) is 10.1 Å². The van der Waals surface area contributed by atoms with E-state index in [1.807, 2.05) is 30.3 Å². The Hall–Kier alpha value is -3.19. The summed E-state index contributed by atoms with van der Waals surface area (Å²) >= 11 is 0. The van der Waals surface area contributed by atoms with Crippen LogP contribution in [0.2, 0.25) is 0 Å². The van der Waals surface area contributed by atoms with Gasteiger partial charge in [-0.1, -0.05) is 48.5 Å². The van der Waals surface area contributed by atoms with Gasteiger partial charge in [0.15, 0.2) is 0 Å². The molecule has 0 heterocycles. The second-order valence-electron chi connectivity index (χ2n) is 6.54. The second kappa shape index (κ2) is 8.87. The average molecular weight is 412 g/mol. The number of hydrogen-bond acceptors (Lipinski definition) is 3. The number of sulfonamides is 1. The highest BCUT2D eigenvalue weighted by atomic mass is 32.2. The van der Waals surface area contributed by atoms with Crippen molar-refractivity contribution in [3.63, 3.8) is 0 Å². The van der Waals surface area contributed by atoms with E-state index in [-0.39, 0.29) is 16.5 Å². The Morgan fingerprint density at radius 3 is 2.00 bits per heavy atom. The Morgan fingerprint density at radius 2 is 1.41 bits per heavy atom. The van der Waals surface area contributed by atoms with Crippen molar-refractivity contribution in [2.45, 2.75) is 11.4 Å². The molecular formula is C22H21FN2O3S. The molecule has 0 atom stereocenters. The lowest BCUT2D eigenvalue weighted by Crippen LogP contribution is -2.41. The number of anilines is 1. The van der Waals surface area contributed by atoms with Crippen molar-refractivity contribution in [2.75, 3.05) is 17.9 Å². The number of carbonyl (C=O) groups is 1. The fraction of sp³-hybridized carbons (Fsp3) is 0.136. The average Bonchev–Trinajstić information content (AvgIpc) is 2.74. The van der Waals surface area contributed by atoms with E-state index in [1.54, 1.807) is 25.2 Å². The maximum atomic E-state index is 13.4. The van der Waals surface area contributed by atoms with Gasteiger partial charge in [0.25, 0.3) is 10.0 Å². The first-order valence-electron chi connectivity index (χ1n) is 8.99. The van der Waals surface area contributed by atoms with E-state index in [0.717, 1.165) is 9.87 Å². The van der Waals surface area contributed by atoms with E-state index < -0.39 is 22.4 Å². The number of benzene rings is 3. The summed E-state index contributed by atoms with van der Waals surface area (Å²) in [5.74, 6) is -0.865. The van der Waals surface area contributed by atoms with Gasteiger partial charge in [0.2, 0.25) is 5.91 Å². The summed E-state index contributed by atoms with van der Waals surface area (Å²) in [4.78, 5) is 14.3. The van der Waals surface area contributed by atoms with Gasteiger partial charge in [0.05, 0.1) is 10.6 Å². The van der Waals surface area contributed by atoms with Crippen LogP contribution in [0.1, 0.15) is 5.56 Å². The number of nitrogens with zero attached hydrogens (tertiary/aromatic N) is 2. The first-order valence-corrected chi connectivity index (χ1v) is 10.4. The van der Waals surface area contributed by atoms with Crippen LogP contribution in [0.3, 0.4) is 0 Å². The van der Waals surface area contributed by atoms with Gasteiger partial charge in [-0.3, -0.25) is 9.10 Å². The zero-order valence-electron chi connectivity index (χ0n) is 15.9. The highest BCUT2D eigenvalue weighted by molar-refractivity contribution is 7.92. The minimum atomic E-state index is -4.01. The molecule has 0 N–H and O–H groups in total. The number of halogens is 1. The Kier molecular flexibility index (Phi) is 6.29. The summed E-state index contributed by atoms with van der Waals surface area (Å²) in [6.45, 7) is -0.0471. The van der Waals surface area contributed by atoms with E-state index in [0.29, 0.717) is 6.54 Å². The van der Waals surface area contributed by atoms with Crippen molar-refractivity contribution < 1.29 is 17.6 Å². The largest absolute Gasteiger partial charge is 0.340 e. The Labute approximate surface area is 170 Å². The molecular weight excluding hydrogens is 391 g/mol. The lowest BCUT2D eigenvalue weighted by atomic mass is 10.2. The second-order valence-corrected chi connectivity index (χ2v) is 8.40. The molecule has 5 nitrogen and oxygen atoms in total. The van der Waals surface area contributed by atoms with Crippen LogP contribution < -0.4 is 4.31 Å². The molecule has 0 saturated heterocycles. The molecule has 7 heteroatoms. The van der Waals surface area contributed by atoms with Crippen LogP contribution in [0.15, 0.2) is 89.8 Å². The molecule has 150 valence electrons. The molecule has 0 unspecified atom stereocenters. The SMILES string of the molecule is CN(Cc1ccccc1)C(=O)CN(c1ccc(F)cc1)S(=O)(=O)c1ccccc1. The molecule has 0 aromatic heterocycles. The van der Waals surface area contributed by atoms with Crippen molar-refractivity contribution in [3.05, 3.63) is 96.3 Å². The van der Waals surface area contributed by atoms with Crippen LogP contribution >= 0.6 is 0 Å². The smallest absolute Gasteiger partial charge is 0.264 e. The predicted octanol–water partition coefficient (Wildman–Crippen LogP) is 3.68. The molecule has 0 radical (unpaired) electrons. The number of likely N-dealkylation sites (N-methyl/N-ethyl adjacent to an activating group) is 1. The summed E-state index contributed by atoms with van der Waals surface area (Å²) in [5.41, 5.74) is 1.15. The Morgan fingerprint density at radius 1 is 0.862 bits per heavy atom. The standard InChI is InChI=1S/C22H21FN2O3S/c1-24(16-18-8-4-2-5-9-18)22(26)17-25(20-14-12-19(23)13-15-20)29(27,28)21-10-6-3-7-11-21/h2-15H,16-17H2,1H3. The maximum Gasteiger partial charge on any atom is 0.264 e. The van der Waals surface area contributed by atoms with Gasteiger partial charge < -0.3 is 4.90 Å². The van der Waals surface area contributed by atoms with Crippen molar-refractivity contribution >= 4 is 21.6 Å². The monoisotopic (exact) mass is 412 g/mol. The molecule has 3 rings (SSSR count). The van der Waals surface area contributed by atoms with Gasteiger partial charge in [0.1, 0.15) is 12.4 Å². The quantitative estimate of drug-likeness (QED) is 0.595. The zero-order valence-corrected chi connectivity index (χ0v) is 16.7. The van der Waals surface area contributed by atoms with Gasteiger partial charge >= 0.3 is 0 Å². The van der Waals surface area contributed by atoms with E-state index in [1.165, 1.54) is 41.3 Å². The molecule has 0 aliphatic carbocycles. The number of carbonyl (C=O) groups excluding carboxylic acids is 1. The van der Waals surface area contributed by atoms with Crippen molar-refractivity contribution in [3.8, 4) is 0 Å². The van der Waals surface area contributed by atoms with Crippen LogP contribution in [0.25, 0.3) is 0 Å². The number of hydrogen-bond donors (Lipinski definition) is 0. The highest BCUT2D eigenvalue weighted by Gasteiger charge is 2.28. The first-order chi connectivity index (χ1) is 13.9. The minimum absolute atomic E-state index is 0.0582. The van der Waals surface area contributed by atoms with Crippen LogP contribution in [0, 0.1) is 5.82 Å². The number of rotatable bonds is 7. The highest BCUT2D eigenvalue weighted by Crippen LogP contribution is 2.24. The molecule has 0 saturated carbocycles. The lowest BCUT2D eigenvalue weighted by molar-refractivity contribution is -0.128. The molecule has 0 fully saturated rings. The van der Waals surface area contributed by atoms with E-state index in [2.05, 4.69) is 0 Å². The minimum Gasteiger partial charge on any atom is -0.340 e. The third kappa shape index (κ3) is 5.00. The number of amides is 1. The first kappa shape index (κ1) is 20.5. The molecule has 0 aliphatic heterocycles. The third-order valence-corrected chi connectivity index (χ3v) is 6.20. The summed E-state index contributed by atoms with van der Waals surface area (Å²) < 4.78 is 40.8. The summed E-state index contributed by atoms with van der Waals surface area (Å²) in [7, 11) is -2.39. The molecule has 0 spiro atoms. The van der Waals surface area contributed by atoms with Crippen LogP contribution in [0.5, 0.6) is 0 Å². The molecule has 0 bridgehead atoms. The topological polar surface area (TPSA) is 57.7 Å². The van der Waals surface area contributed by atoms with E-state index in [9.17, 15) is 17.6 Å². The van der Waals surface area contributed by atoms with Gasteiger partial charge in [-0.05, 0) is 42.0 Å². The van der Waals surface area contributed by atoms with Crippen molar-refractivity contribution in [1.82, 2.24) is 4.90 Å². The molecule has 3 aromatic rings. The van der Waals surface area contributed by atoms with E-state index >= 15 is 0 Å². The van der Waals surface area contributed by atoms with Crippen molar-refractivity contribution in [1.29, 1.82) is 0 Å². The zero-order chi connectivity index (χ0) is 20.9. The summed E-state index contributed by atoms with van der Waals surface area (Å²) in [5, 5.41) is 0. The van der Waals surface area contributed by atoms with Gasteiger partial charge in [-0.25, -0.2) is 12.8 Å². The van der Waals surface area contributed by atoms with Gasteiger partial charge in [0, 0.05) is 13.6 Å². The maximum absolute atomic E-state index is 13.4. The summed E-state index contributed by atoms with van der Waals surface area (Å²) in [6, 6.07) is 22.3. The van der Waals surface area contributed by atoms with E-state index in [4.69, 9.17) is 0 Å². The van der Waals surface area contributed by atoms with Crippen molar-refractivity contribution in [2.24, 2.45) is 0 Å². The molecule has 3 aromatic carbocycles. The Balaban J connectivity index is 1.89. The molecule has 29 heavy (non-hydrogen) atoms. The normalized spacial score (nSPS) is 11.1. The summed E-state index contributed by atoms with van der Waals surface area (Å²) in [6.07, 6.45) is 0. The lowest BCUT2D eigenvalue weighted by Gasteiger charge is -2.26. The third-order valence-electron chi connectivity index (χ3n) is 4.41. The fourth-order valence-electron chi connectivity index (χ4n) is 2.83. The molecule has 1 amide bonds. The molecule has 0 aliphatic rings. The van der Waals surface area contributed by atoms with Crippen LogP contribution in [-0.2, 0) is 21.4 Å². The van der Waals surface area contributed by atoms with Gasteiger partial charge in [-0.2, -0.15) is 0 Å². The predicted molar refractivity (Wildman–Crippen MR) is 110 cm³/mol. The fourth-order valence-corrected chi connectivity index (χ4v) is 4.27. The van der Waals surface area contributed by atoms with Gasteiger partial charge in [-0.15, -0.1) is 0 Å². The Bertz CT molecular complexity index is 1060.